The maximum Gasteiger partial charge on any atom is 0.374 e. The number of esters is 2. The molecule has 0 fully saturated rings. The van der Waals surface area contributed by atoms with Crippen molar-refractivity contribution in [1.82, 2.24) is 0 Å². The number of carbonyl (C=O) groups is 4. The van der Waals surface area contributed by atoms with Crippen molar-refractivity contribution in [1.29, 1.82) is 0 Å². The third kappa shape index (κ3) is 10.1. The fraction of sp³-hybridized carbons (Fsp3) is 0.765. The highest BCUT2D eigenvalue weighted by Gasteiger charge is 2.14. The Bertz CT molecular complexity index is 385. The van der Waals surface area contributed by atoms with Crippen molar-refractivity contribution in [3.05, 3.63) is 0 Å². The molecule has 0 unspecified atom stereocenters. The summed E-state index contributed by atoms with van der Waals surface area (Å²) in [7, 11) is 0. The molecule has 0 aliphatic carbocycles. The molecule has 0 amide bonds. The lowest BCUT2D eigenvalue weighted by atomic mass is 9.94. The van der Waals surface area contributed by atoms with Gasteiger partial charge in [-0.05, 0) is 44.6 Å². The Hall–Kier alpha value is -1.76. The fourth-order valence-electron chi connectivity index (χ4n) is 2.19. The van der Waals surface area contributed by atoms with Crippen LogP contribution in [0, 0.1) is 5.92 Å². The largest absolute Gasteiger partial charge is 0.460 e. The Labute approximate surface area is 143 Å². The summed E-state index contributed by atoms with van der Waals surface area (Å²) in [6, 6.07) is 0. The number of nitrogens with two attached hydrogens (primary N) is 1. The summed E-state index contributed by atoms with van der Waals surface area (Å²) in [5, 5.41) is 0. The van der Waals surface area contributed by atoms with Crippen molar-refractivity contribution in [3.8, 4) is 0 Å². The highest BCUT2D eigenvalue weighted by molar-refractivity contribution is 6.33. The van der Waals surface area contributed by atoms with Crippen LogP contribution < -0.4 is 5.73 Å². The molecule has 7 nitrogen and oxygen atoms in total. The number of hydrogen-bond acceptors (Lipinski definition) is 7. The molecule has 2 N–H and O–H groups in total. The molecular weight excluding hydrogens is 314 g/mol. The molecular formula is C17H29NO6. The van der Waals surface area contributed by atoms with Gasteiger partial charge in [-0.25, -0.2) is 9.59 Å². The standard InChI is InChI=1S/C17H29NO6/c1-3-14(19)16(21)23-11-5-7-13(9-10-18)8-6-12-24-17(22)15(20)4-2/h13H,3-12,18H2,1-2H3. The van der Waals surface area contributed by atoms with Gasteiger partial charge in [0.05, 0.1) is 13.2 Å². The Kier molecular flexibility index (Phi) is 12.7. The van der Waals surface area contributed by atoms with Gasteiger partial charge in [-0.3, -0.25) is 9.59 Å². The van der Waals surface area contributed by atoms with Crippen LogP contribution in [0.3, 0.4) is 0 Å². The van der Waals surface area contributed by atoms with E-state index in [1.165, 1.54) is 0 Å². The zero-order valence-electron chi connectivity index (χ0n) is 14.7. The maximum absolute atomic E-state index is 11.2. The first kappa shape index (κ1) is 22.2. The summed E-state index contributed by atoms with van der Waals surface area (Å²) in [5.74, 6) is -2.26. The average Bonchev–Trinajstić information content (AvgIpc) is 2.59. The van der Waals surface area contributed by atoms with Crippen molar-refractivity contribution < 1.29 is 28.7 Å². The van der Waals surface area contributed by atoms with E-state index in [0.29, 0.717) is 25.3 Å². The van der Waals surface area contributed by atoms with E-state index in [2.05, 4.69) is 0 Å². The summed E-state index contributed by atoms with van der Waals surface area (Å²) < 4.78 is 9.78. The minimum Gasteiger partial charge on any atom is -0.460 e. The Balaban J connectivity index is 3.93. The van der Waals surface area contributed by atoms with Crippen molar-refractivity contribution in [2.24, 2.45) is 11.7 Å². The molecule has 24 heavy (non-hydrogen) atoms. The molecule has 0 bridgehead atoms. The lowest BCUT2D eigenvalue weighted by Crippen LogP contribution is -2.18. The molecule has 0 saturated heterocycles. The van der Waals surface area contributed by atoms with Crippen LogP contribution in [-0.4, -0.2) is 43.3 Å². The lowest BCUT2D eigenvalue weighted by Gasteiger charge is -2.15. The number of ether oxygens (including phenoxy) is 2. The summed E-state index contributed by atoms with van der Waals surface area (Å²) >= 11 is 0. The van der Waals surface area contributed by atoms with E-state index >= 15 is 0 Å². The van der Waals surface area contributed by atoms with Crippen LogP contribution in [0.1, 0.15) is 58.8 Å². The first-order valence-corrected chi connectivity index (χ1v) is 8.56. The van der Waals surface area contributed by atoms with Crippen LogP contribution in [0.15, 0.2) is 0 Å². The lowest BCUT2D eigenvalue weighted by molar-refractivity contribution is -0.153. The van der Waals surface area contributed by atoms with Gasteiger partial charge in [0.25, 0.3) is 0 Å². The van der Waals surface area contributed by atoms with Gasteiger partial charge in [0.2, 0.25) is 11.6 Å². The van der Waals surface area contributed by atoms with Gasteiger partial charge in [0.15, 0.2) is 0 Å². The van der Waals surface area contributed by atoms with E-state index in [9.17, 15) is 19.2 Å². The highest BCUT2D eigenvalue weighted by Crippen LogP contribution is 2.17. The van der Waals surface area contributed by atoms with Gasteiger partial charge in [0, 0.05) is 12.8 Å². The van der Waals surface area contributed by atoms with Gasteiger partial charge in [-0.2, -0.15) is 0 Å². The molecule has 0 aliphatic heterocycles. The Morgan fingerprint density at radius 3 is 1.54 bits per heavy atom. The summed E-state index contributed by atoms with van der Waals surface area (Å²) in [6.45, 7) is 4.20. The van der Waals surface area contributed by atoms with Crippen LogP contribution in [0.2, 0.25) is 0 Å². The predicted molar refractivity (Wildman–Crippen MR) is 88.1 cm³/mol. The molecule has 0 heterocycles. The van der Waals surface area contributed by atoms with Crippen LogP contribution in [-0.2, 0) is 28.7 Å². The van der Waals surface area contributed by atoms with Crippen LogP contribution in [0.4, 0.5) is 0 Å². The molecule has 0 radical (unpaired) electrons. The third-order valence-electron chi connectivity index (χ3n) is 3.65. The van der Waals surface area contributed by atoms with E-state index in [0.717, 1.165) is 19.3 Å². The number of Topliss-reactive ketones (excluding diaryl/α,β-unsaturated/α-hetero) is 2. The molecule has 0 aliphatic rings. The van der Waals surface area contributed by atoms with Crippen LogP contribution in [0.25, 0.3) is 0 Å². The van der Waals surface area contributed by atoms with Crippen molar-refractivity contribution in [3.63, 3.8) is 0 Å². The highest BCUT2D eigenvalue weighted by atomic mass is 16.5. The number of ketones is 2. The van der Waals surface area contributed by atoms with Gasteiger partial charge < -0.3 is 15.2 Å². The molecule has 0 rings (SSSR count). The molecule has 138 valence electrons. The molecule has 0 atom stereocenters. The SMILES string of the molecule is CCC(=O)C(=O)OCCCC(CCN)CCCOC(=O)C(=O)CC. The Morgan fingerprint density at radius 2 is 1.21 bits per heavy atom. The second-order valence-electron chi connectivity index (χ2n) is 5.55. The molecule has 7 heteroatoms. The minimum atomic E-state index is -0.777. The minimum absolute atomic E-state index is 0.147. The van der Waals surface area contributed by atoms with Crippen molar-refractivity contribution in [2.75, 3.05) is 19.8 Å². The van der Waals surface area contributed by atoms with Gasteiger partial charge in [-0.15, -0.1) is 0 Å². The molecule has 0 saturated carbocycles. The van der Waals surface area contributed by atoms with E-state index in [1.54, 1.807) is 13.8 Å². The molecule has 0 spiro atoms. The van der Waals surface area contributed by atoms with Gasteiger partial charge in [-0.1, -0.05) is 13.8 Å². The normalized spacial score (nSPS) is 10.5. The smallest absolute Gasteiger partial charge is 0.374 e. The summed E-state index contributed by atoms with van der Waals surface area (Å²) in [5.41, 5.74) is 5.59. The summed E-state index contributed by atoms with van der Waals surface area (Å²) in [6.07, 6.45) is 4.05. The monoisotopic (exact) mass is 343 g/mol. The first-order valence-electron chi connectivity index (χ1n) is 8.56. The molecule has 0 aromatic heterocycles. The third-order valence-corrected chi connectivity index (χ3v) is 3.65. The van der Waals surface area contributed by atoms with Crippen LogP contribution >= 0.6 is 0 Å². The van der Waals surface area contributed by atoms with E-state index in [-0.39, 0.29) is 26.1 Å². The predicted octanol–water partition coefficient (Wildman–Crippen LogP) is 1.56. The zero-order chi connectivity index (χ0) is 18.4. The van der Waals surface area contributed by atoms with E-state index < -0.39 is 23.5 Å². The number of hydrogen-bond donors (Lipinski definition) is 1. The maximum atomic E-state index is 11.2. The zero-order valence-corrected chi connectivity index (χ0v) is 14.7. The molecule has 0 aromatic rings. The summed E-state index contributed by atoms with van der Waals surface area (Å²) in [4.78, 5) is 44.6. The quantitative estimate of drug-likeness (QED) is 0.289. The second-order valence-corrected chi connectivity index (χ2v) is 5.55. The van der Waals surface area contributed by atoms with E-state index in [4.69, 9.17) is 15.2 Å². The average molecular weight is 343 g/mol. The molecule has 0 aromatic carbocycles. The van der Waals surface area contributed by atoms with Gasteiger partial charge >= 0.3 is 11.9 Å². The van der Waals surface area contributed by atoms with Crippen molar-refractivity contribution in [2.45, 2.75) is 58.8 Å². The number of rotatable bonds is 14. The Morgan fingerprint density at radius 1 is 0.792 bits per heavy atom. The first-order chi connectivity index (χ1) is 11.5. The van der Waals surface area contributed by atoms with E-state index in [1.807, 2.05) is 0 Å². The second kappa shape index (κ2) is 13.7. The number of carbonyl (C=O) groups excluding carboxylic acids is 4. The van der Waals surface area contributed by atoms with Crippen molar-refractivity contribution >= 4 is 23.5 Å². The topological polar surface area (TPSA) is 113 Å². The van der Waals surface area contributed by atoms with Gasteiger partial charge in [0.1, 0.15) is 0 Å². The fourth-order valence-corrected chi connectivity index (χ4v) is 2.19. The van der Waals surface area contributed by atoms with Crippen LogP contribution in [0.5, 0.6) is 0 Å².